The van der Waals surface area contributed by atoms with Crippen LogP contribution in [0.1, 0.15) is 76.8 Å². The number of rotatable bonds is 11. The van der Waals surface area contributed by atoms with Crippen molar-refractivity contribution in [2.24, 2.45) is 5.92 Å². The van der Waals surface area contributed by atoms with Crippen molar-refractivity contribution in [2.45, 2.75) is 89.3 Å². The van der Waals surface area contributed by atoms with Crippen molar-refractivity contribution in [3.05, 3.63) is 53.5 Å². The molecule has 4 amide bonds. The SMILES string of the molecule is COc1ccc(C(F)(F)C(=O)N[C@H](C(=O)Nc2ccc([C@H](C(=O)N3CCN(C)CC3)[C@@H](C)NC(=O)OC(C)(C)C)cc2F)C2CCCCC2)cn1. The summed E-state index contributed by atoms with van der Waals surface area (Å²) in [5.41, 5.74) is -1.47. The fourth-order valence-corrected chi connectivity index (χ4v) is 6.40. The average Bonchev–Trinajstić information content (AvgIpc) is 3.08. The molecule has 51 heavy (non-hydrogen) atoms. The third-order valence-corrected chi connectivity index (χ3v) is 9.22. The van der Waals surface area contributed by atoms with E-state index in [4.69, 9.17) is 9.47 Å². The van der Waals surface area contributed by atoms with E-state index in [9.17, 15) is 19.2 Å². The van der Waals surface area contributed by atoms with E-state index in [-0.39, 0.29) is 23.0 Å². The Morgan fingerprint density at radius 1 is 0.961 bits per heavy atom. The van der Waals surface area contributed by atoms with Gasteiger partial charge in [-0.2, -0.15) is 8.78 Å². The first-order valence-corrected chi connectivity index (χ1v) is 17.3. The summed E-state index contributed by atoms with van der Waals surface area (Å²) >= 11 is 0. The molecule has 4 rings (SSSR count). The van der Waals surface area contributed by atoms with E-state index in [1.807, 2.05) is 7.05 Å². The summed E-state index contributed by atoms with van der Waals surface area (Å²) < 4.78 is 56.7. The molecular formula is C36H49F3N6O6. The van der Waals surface area contributed by atoms with Gasteiger partial charge in [0.1, 0.15) is 17.5 Å². The quantitative estimate of drug-likeness (QED) is 0.301. The number of amides is 4. The Balaban J connectivity index is 1.57. The number of hydrogen-bond donors (Lipinski definition) is 3. The van der Waals surface area contributed by atoms with Crippen molar-refractivity contribution >= 4 is 29.5 Å². The first kappa shape index (κ1) is 39.4. The van der Waals surface area contributed by atoms with Gasteiger partial charge in [-0.15, -0.1) is 0 Å². The van der Waals surface area contributed by atoms with Crippen LogP contribution in [-0.4, -0.2) is 96.6 Å². The number of halogens is 3. The molecule has 0 radical (unpaired) electrons. The molecule has 3 atom stereocenters. The van der Waals surface area contributed by atoms with E-state index in [1.165, 1.54) is 25.3 Å². The van der Waals surface area contributed by atoms with Crippen LogP contribution in [-0.2, 0) is 25.0 Å². The smallest absolute Gasteiger partial charge is 0.407 e. The number of ether oxygens (including phenoxy) is 2. The first-order valence-electron chi connectivity index (χ1n) is 17.3. The highest BCUT2D eigenvalue weighted by atomic mass is 19.3. The van der Waals surface area contributed by atoms with Gasteiger partial charge in [0.05, 0.1) is 18.7 Å². The number of benzene rings is 1. The van der Waals surface area contributed by atoms with Crippen molar-refractivity contribution in [2.75, 3.05) is 45.7 Å². The summed E-state index contributed by atoms with van der Waals surface area (Å²) in [5.74, 6) is -9.12. The minimum absolute atomic E-state index is 0.0891. The zero-order valence-electron chi connectivity index (χ0n) is 30.1. The van der Waals surface area contributed by atoms with Crippen molar-refractivity contribution in [1.29, 1.82) is 0 Å². The predicted octanol–water partition coefficient (Wildman–Crippen LogP) is 4.80. The Morgan fingerprint density at radius 2 is 1.63 bits per heavy atom. The van der Waals surface area contributed by atoms with Crippen LogP contribution >= 0.6 is 0 Å². The van der Waals surface area contributed by atoms with Crippen LogP contribution in [0.3, 0.4) is 0 Å². The molecule has 0 spiro atoms. The minimum atomic E-state index is -4.02. The number of anilines is 1. The van der Waals surface area contributed by atoms with Gasteiger partial charge in [-0.3, -0.25) is 14.4 Å². The van der Waals surface area contributed by atoms with E-state index < -0.39 is 64.7 Å². The van der Waals surface area contributed by atoms with Crippen LogP contribution in [0.2, 0.25) is 0 Å². The Labute approximate surface area is 296 Å². The monoisotopic (exact) mass is 718 g/mol. The van der Waals surface area contributed by atoms with Crippen LogP contribution in [0.15, 0.2) is 36.5 Å². The molecule has 280 valence electrons. The average molecular weight is 719 g/mol. The number of alkyl halides is 2. The summed E-state index contributed by atoms with van der Waals surface area (Å²) in [5, 5.41) is 7.42. The number of nitrogens with one attached hydrogen (secondary N) is 3. The molecule has 1 aromatic heterocycles. The molecule has 2 aliphatic rings. The van der Waals surface area contributed by atoms with Crippen molar-refractivity contribution in [3.8, 4) is 5.88 Å². The van der Waals surface area contributed by atoms with Gasteiger partial charge in [-0.05, 0) is 77.3 Å². The van der Waals surface area contributed by atoms with E-state index in [2.05, 4.69) is 25.8 Å². The Kier molecular flexibility index (Phi) is 12.9. The number of hydrogen-bond acceptors (Lipinski definition) is 8. The van der Waals surface area contributed by atoms with Gasteiger partial charge < -0.3 is 35.2 Å². The predicted molar refractivity (Wildman–Crippen MR) is 184 cm³/mol. The number of pyridine rings is 1. The van der Waals surface area contributed by atoms with Gasteiger partial charge in [-0.1, -0.05) is 25.3 Å². The third-order valence-electron chi connectivity index (χ3n) is 9.22. The number of carbonyl (C=O) groups is 4. The van der Waals surface area contributed by atoms with Gasteiger partial charge in [0, 0.05) is 50.0 Å². The highest BCUT2D eigenvalue weighted by Crippen LogP contribution is 2.33. The van der Waals surface area contributed by atoms with E-state index in [1.54, 1.807) is 32.6 Å². The third kappa shape index (κ3) is 10.3. The van der Waals surface area contributed by atoms with Crippen molar-refractivity contribution < 1.29 is 41.8 Å². The highest BCUT2D eigenvalue weighted by molar-refractivity contribution is 5.98. The number of carbonyl (C=O) groups excluding carboxylic acids is 4. The molecule has 1 aliphatic heterocycles. The minimum Gasteiger partial charge on any atom is -0.481 e. The summed E-state index contributed by atoms with van der Waals surface area (Å²) in [6, 6.07) is 3.91. The second kappa shape index (κ2) is 16.7. The van der Waals surface area contributed by atoms with Gasteiger partial charge in [0.25, 0.3) is 5.91 Å². The van der Waals surface area contributed by atoms with Crippen LogP contribution in [0, 0.1) is 11.7 Å². The normalized spacial score (nSPS) is 17.9. The molecule has 15 heteroatoms. The number of piperazine rings is 1. The molecule has 2 aromatic rings. The van der Waals surface area contributed by atoms with Crippen LogP contribution in [0.25, 0.3) is 0 Å². The maximum absolute atomic E-state index is 15.8. The number of aromatic nitrogens is 1. The second-order valence-corrected chi connectivity index (χ2v) is 14.3. The number of alkyl carbamates (subject to hydrolysis) is 1. The first-order chi connectivity index (χ1) is 24.0. The topological polar surface area (TPSA) is 142 Å². The lowest BCUT2D eigenvalue weighted by atomic mass is 9.83. The number of methoxy groups -OCH3 is 1. The van der Waals surface area contributed by atoms with Crippen LogP contribution in [0.4, 0.5) is 23.7 Å². The molecule has 1 aliphatic carbocycles. The number of nitrogens with zero attached hydrogens (tertiary/aromatic N) is 3. The van der Waals surface area contributed by atoms with Gasteiger partial charge in [-0.25, -0.2) is 14.2 Å². The molecule has 3 N–H and O–H groups in total. The molecule has 12 nitrogen and oxygen atoms in total. The second-order valence-electron chi connectivity index (χ2n) is 14.3. The lowest BCUT2D eigenvalue weighted by Crippen LogP contribution is -2.53. The summed E-state index contributed by atoms with van der Waals surface area (Å²) in [6.45, 7) is 8.95. The Hall–Kier alpha value is -4.40. The summed E-state index contributed by atoms with van der Waals surface area (Å²) in [6.07, 6.45) is 3.49. The fraction of sp³-hybridized carbons (Fsp3) is 0.583. The molecule has 1 saturated heterocycles. The van der Waals surface area contributed by atoms with E-state index in [0.717, 1.165) is 37.6 Å². The zero-order chi connectivity index (χ0) is 37.5. The molecule has 2 fully saturated rings. The Morgan fingerprint density at radius 3 is 2.20 bits per heavy atom. The highest BCUT2D eigenvalue weighted by Gasteiger charge is 2.44. The maximum Gasteiger partial charge on any atom is 0.407 e. The summed E-state index contributed by atoms with van der Waals surface area (Å²) in [4.78, 5) is 60.7. The van der Waals surface area contributed by atoms with E-state index >= 15 is 13.2 Å². The standard InChI is InChI=1S/C36H49F3N6O6/c1-22(41-34(49)51-35(2,3)4)29(32(47)45-18-16-44(5)17-19-45)24-12-14-27(26(37)20-24)42-31(46)30(23-10-8-7-9-11-23)43-33(48)36(38,39)25-13-15-28(50-6)40-21-25/h12-15,20-23,29-30H,7-11,16-19H2,1-6H3,(H,41,49)(H,42,46)(H,43,48)/t22-,29-,30+/m1/s1. The van der Waals surface area contributed by atoms with Crippen LogP contribution in [0.5, 0.6) is 5.88 Å². The lowest BCUT2D eigenvalue weighted by Gasteiger charge is -2.36. The summed E-state index contributed by atoms with van der Waals surface area (Å²) in [7, 11) is 3.27. The zero-order valence-corrected chi connectivity index (χ0v) is 30.1. The maximum atomic E-state index is 15.8. The molecular weight excluding hydrogens is 669 g/mol. The van der Waals surface area contributed by atoms with Gasteiger partial charge in [0.15, 0.2) is 0 Å². The molecule has 1 aromatic carbocycles. The lowest BCUT2D eigenvalue weighted by molar-refractivity contribution is -0.149. The molecule has 0 unspecified atom stereocenters. The van der Waals surface area contributed by atoms with Crippen molar-refractivity contribution in [1.82, 2.24) is 25.4 Å². The fourth-order valence-electron chi connectivity index (χ4n) is 6.40. The largest absolute Gasteiger partial charge is 0.481 e. The van der Waals surface area contributed by atoms with Gasteiger partial charge >= 0.3 is 12.0 Å². The molecule has 2 heterocycles. The molecule has 0 bridgehead atoms. The van der Waals surface area contributed by atoms with Crippen molar-refractivity contribution in [3.63, 3.8) is 0 Å². The van der Waals surface area contributed by atoms with Gasteiger partial charge in [0.2, 0.25) is 17.7 Å². The number of likely N-dealkylation sites (N-methyl/N-ethyl adjacent to an activating group) is 1. The molecule has 1 saturated carbocycles. The Bertz CT molecular complexity index is 1540. The van der Waals surface area contributed by atoms with E-state index in [0.29, 0.717) is 39.0 Å². The van der Waals surface area contributed by atoms with Crippen LogP contribution < -0.4 is 20.7 Å².